The van der Waals surface area contributed by atoms with Gasteiger partial charge in [0, 0.05) is 22.9 Å². The van der Waals surface area contributed by atoms with Crippen molar-refractivity contribution in [1.82, 2.24) is 0 Å². The maximum absolute atomic E-state index is 11.6. The van der Waals surface area contributed by atoms with Gasteiger partial charge >= 0.3 is 5.97 Å². The van der Waals surface area contributed by atoms with Gasteiger partial charge in [0.05, 0.1) is 0 Å². The zero-order valence-electron chi connectivity index (χ0n) is 8.78. The third-order valence-electron chi connectivity index (χ3n) is 2.21. The van der Waals surface area contributed by atoms with Crippen LogP contribution in [0.3, 0.4) is 0 Å². The zero-order chi connectivity index (χ0) is 12.0. The lowest BCUT2D eigenvalue weighted by atomic mass is 10.0. The van der Waals surface area contributed by atoms with Gasteiger partial charge < -0.3 is 5.11 Å². The van der Waals surface area contributed by atoms with E-state index in [1.165, 1.54) is 0 Å². The number of carbonyl (C=O) groups is 2. The molecular weight excluding hydrogens is 272 g/mol. The molecule has 0 spiro atoms. The summed E-state index contributed by atoms with van der Waals surface area (Å²) in [5, 5.41) is 8.44. The number of halogens is 1. The van der Waals surface area contributed by atoms with Crippen molar-refractivity contribution in [3.05, 3.63) is 34.3 Å². The van der Waals surface area contributed by atoms with E-state index < -0.39 is 5.97 Å². The molecule has 1 aromatic rings. The van der Waals surface area contributed by atoms with Crippen LogP contribution in [-0.4, -0.2) is 16.9 Å². The third kappa shape index (κ3) is 4.57. The number of carbonyl (C=O) groups excluding carboxylic acids is 1. The second kappa shape index (κ2) is 6.43. The number of hydrogen-bond acceptors (Lipinski definition) is 2. The molecular formula is C12H13BrO3. The van der Waals surface area contributed by atoms with Gasteiger partial charge in [-0.1, -0.05) is 28.1 Å². The van der Waals surface area contributed by atoms with Crippen molar-refractivity contribution in [3.63, 3.8) is 0 Å². The molecule has 86 valence electrons. The smallest absolute Gasteiger partial charge is 0.303 e. The molecule has 0 aliphatic rings. The number of carboxylic acid groups (broad SMARTS) is 1. The molecule has 4 heteroatoms. The molecule has 3 nitrogen and oxygen atoms in total. The number of rotatable bonds is 6. The molecule has 0 amide bonds. The Morgan fingerprint density at radius 1 is 1.06 bits per heavy atom. The van der Waals surface area contributed by atoms with Crippen LogP contribution < -0.4 is 0 Å². The first-order valence-corrected chi connectivity index (χ1v) is 5.89. The first-order valence-electron chi connectivity index (χ1n) is 5.10. The van der Waals surface area contributed by atoms with Crippen molar-refractivity contribution >= 4 is 27.7 Å². The first-order chi connectivity index (χ1) is 7.59. The first kappa shape index (κ1) is 12.9. The van der Waals surface area contributed by atoms with Gasteiger partial charge in [-0.15, -0.1) is 0 Å². The fraction of sp³-hybridized carbons (Fsp3) is 0.333. The molecule has 0 radical (unpaired) electrons. The minimum Gasteiger partial charge on any atom is -0.481 e. The molecule has 0 saturated carbocycles. The second-order valence-electron chi connectivity index (χ2n) is 3.53. The lowest BCUT2D eigenvalue weighted by Crippen LogP contribution is -2.00. The van der Waals surface area contributed by atoms with E-state index in [-0.39, 0.29) is 12.2 Å². The van der Waals surface area contributed by atoms with Gasteiger partial charge in [-0.25, -0.2) is 0 Å². The van der Waals surface area contributed by atoms with Crippen molar-refractivity contribution in [3.8, 4) is 0 Å². The average molecular weight is 285 g/mol. The number of hydrogen-bond donors (Lipinski definition) is 1. The largest absolute Gasteiger partial charge is 0.481 e. The molecule has 0 aliphatic carbocycles. The van der Waals surface area contributed by atoms with E-state index in [0.717, 1.165) is 4.47 Å². The Balaban J connectivity index is 2.35. The van der Waals surface area contributed by atoms with E-state index in [2.05, 4.69) is 15.9 Å². The zero-order valence-corrected chi connectivity index (χ0v) is 10.4. The summed E-state index contributed by atoms with van der Waals surface area (Å²) in [7, 11) is 0. The number of Topliss-reactive ketones (excluding diaryl/α,β-unsaturated/α-hetero) is 1. The van der Waals surface area contributed by atoms with E-state index in [1.807, 2.05) is 12.1 Å². The average Bonchev–Trinajstić information content (AvgIpc) is 2.25. The van der Waals surface area contributed by atoms with E-state index in [0.29, 0.717) is 24.8 Å². The van der Waals surface area contributed by atoms with Gasteiger partial charge in [-0.3, -0.25) is 9.59 Å². The molecule has 0 unspecified atom stereocenters. The van der Waals surface area contributed by atoms with Crippen LogP contribution in [0.5, 0.6) is 0 Å². The molecule has 0 aliphatic heterocycles. The highest BCUT2D eigenvalue weighted by atomic mass is 79.9. The standard InChI is InChI=1S/C12H13BrO3/c13-10-7-5-9(6-8-10)11(14)3-1-2-4-12(15)16/h5-8H,1-4H2,(H,15,16). The summed E-state index contributed by atoms with van der Waals surface area (Å²) in [6.45, 7) is 0. The fourth-order valence-corrected chi connectivity index (χ4v) is 1.61. The maximum atomic E-state index is 11.6. The minimum atomic E-state index is -0.809. The fourth-order valence-electron chi connectivity index (χ4n) is 1.34. The topological polar surface area (TPSA) is 54.4 Å². The summed E-state index contributed by atoms with van der Waals surface area (Å²) in [5.74, 6) is -0.742. The van der Waals surface area contributed by atoms with Crippen LogP contribution in [0, 0.1) is 0 Å². The molecule has 0 saturated heterocycles. The maximum Gasteiger partial charge on any atom is 0.303 e. The number of aliphatic carboxylic acids is 1. The third-order valence-corrected chi connectivity index (χ3v) is 2.74. The number of benzene rings is 1. The summed E-state index contributed by atoms with van der Waals surface area (Å²) < 4.78 is 0.940. The van der Waals surface area contributed by atoms with Gasteiger partial charge in [0.1, 0.15) is 0 Å². The lowest BCUT2D eigenvalue weighted by Gasteiger charge is -2.00. The SMILES string of the molecule is O=C(O)CCCCC(=O)c1ccc(Br)cc1. The van der Waals surface area contributed by atoms with Gasteiger partial charge in [-0.2, -0.15) is 0 Å². The minimum absolute atomic E-state index is 0.0675. The quantitative estimate of drug-likeness (QED) is 0.644. The van der Waals surface area contributed by atoms with Gasteiger partial charge in [-0.05, 0) is 25.0 Å². The highest BCUT2D eigenvalue weighted by Crippen LogP contribution is 2.13. The van der Waals surface area contributed by atoms with Crippen LogP contribution in [0.15, 0.2) is 28.7 Å². The number of unbranched alkanes of at least 4 members (excludes halogenated alkanes) is 1. The Bertz CT molecular complexity index is 370. The van der Waals surface area contributed by atoms with Gasteiger partial charge in [0.2, 0.25) is 0 Å². The summed E-state index contributed by atoms with van der Waals surface area (Å²) >= 11 is 3.30. The summed E-state index contributed by atoms with van der Waals surface area (Å²) in [6, 6.07) is 7.18. The van der Waals surface area contributed by atoms with Crippen LogP contribution in [0.25, 0.3) is 0 Å². The van der Waals surface area contributed by atoms with E-state index in [4.69, 9.17) is 5.11 Å². The van der Waals surface area contributed by atoms with Crippen LogP contribution in [-0.2, 0) is 4.79 Å². The second-order valence-corrected chi connectivity index (χ2v) is 4.45. The van der Waals surface area contributed by atoms with Crippen LogP contribution >= 0.6 is 15.9 Å². The molecule has 16 heavy (non-hydrogen) atoms. The predicted octanol–water partition coefficient (Wildman–Crippen LogP) is 3.28. The molecule has 1 aromatic carbocycles. The van der Waals surface area contributed by atoms with Gasteiger partial charge in [0.15, 0.2) is 5.78 Å². The molecule has 1 rings (SSSR count). The Morgan fingerprint density at radius 3 is 2.19 bits per heavy atom. The molecule has 0 heterocycles. The van der Waals surface area contributed by atoms with Crippen molar-refractivity contribution in [2.75, 3.05) is 0 Å². The molecule has 0 bridgehead atoms. The monoisotopic (exact) mass is 284 g/mol. The van der Waals surface area contributed by atoms with E-state index in [1.54, 1.807) is 12.1 Å². The normalized spacial score (nSPS) is 10.1. The highest BCUT2D eigenvalue weighted by Gasteiger charge is 2.05. The summed E-state index contributed by atoms with van der Waals surface area (Å²) in [6.07, 6.45) is 1.72. The number of ketones is 1. The van der Waals surface area contributed by atoms with Crippen LogP contribution in [0.2, 0.25) is 0 Å². The Hall–Kier alpha value is -1.16. The van der Waals surface area contributed by atoms with Crippen molar-refractivity contribution in [1.29, 1.82) is 0 Å². The summed E-state index contributed by atoms with van der Waals surface area (Å²) in [5.41, 5.74) is 0.679. The van der Waals surface area contributed by atoms with Crippen molar-refractivity contribution < 1.29 is 14.7 Å². The molecule has 0 atom stereocenters. The Labute approximate surface area is 103 Å². The Morgan fingerprint density at radius 2 is 1.62 bits per heavy atom. The number of carboxylic acids is 1. The lowest BCUT2D eigenvalue weighted by molar-refractivity contribution is -0.137. The molecule has 0 aromatic heterocycles. The van der Waals surface area contributed by atoms with Crippen LogP contribution in [0.1, 0.15) is 36.0 Å². The highest BCUT2D eigenvalue weighted by molar-refractivity contribution is 9.10. The van der Waals surface area contributed by atoms with Crippen LogP contribution in [0.4, 0.5) is 0 Å². The summed E-state index contributed by atoms with van der Waals surface area (Å²) in [4.78, 5) is 21.9. The van der Waals surface area contributed by atoms with E-state index >= 15 is 0 Å². The molecule has 0 fully saturated rings. The molecule has 1 N–H and O–H groups in total. The van der Waals surface area contributed by atoms with Crippen molar-refractivity contribution in [2.45, 2.75) is 25.7 Å². The Kier molecular flexibility index (Phi) is 5.19. The van der Waals surface area contributed by atoms with Crippen molar-refractivity contribution in [2.24, 2.45) is 0 Å². The van der Waals surface area contributed by atoms with E-state index in [9.17, 15) is 9.59 Å². The van der Waals surface area contributed by atoms with Gasteiger partial charge in [0.25, 0.3) is 0 Å². The predicted molar refractivity (Wildman–Crippen MR) is 64.6 cm³/mol.